The summed E-state index contributed by atoms with van der Waals surface area (Å²) >= 11 is 0. The SMILES string of the molecule is CC(C)C[C@H](NC(=O)OCc1ccccc1)C(OC1CCCCO1)C(=O)O.Cc1cc(C)[n-]n1. The highest BCUT2D eigenvalue weighted by atomic mass is 16.7. The van der Waals surface area contributed by atoms with Crippen molar-refractivity contribution in [2.24, 2.45) is 5.92 Å². The Morgan fingerprint density at radius 2 is 1.97 bits per heavy atom. The molecule has 9 heteroatoms. The van der Waals surface area contributed by atoms with E-state index in [1.54, 1.807) is 0 Å². The number of aliphatic carboxylic acids is 1. The van der Waals surface area contributed by atoms with Crippen molar-refractivity contribution in [1.29, 1.82) is 0 Å². The molecule has 9 nitrogen and oxygen atoms in total. The molecule has 0 bridgehead atoms. The van der Waals surface area contributed by atoms with Crippen LogP contribution in [0.2, 0.25) is 0 Å². The minimum Gasteiger partial charge on any atom is -0.579 e. The van der Waals surface area contributed by atoms with Gasteiger partial charge in [0.1, 0.15) is 6.61 Å². The Hall–Kier alpha value is -2.91. The second kappa shape index (κ2) is 14.4. The number of alkyl carbamates (subject to hydrolysis) is 1. The number of carboxylic acids is 1. The molecule has 0 saturated carbocycles. The van der Waals surface area contributed by atoms with E-state index in [9.17, 15) is 14.7 Å². The molecule has 1 amide bonds. The number of rotatable bonds is 9. The molecule has 34 heavy (non-hydrogen) atoms. The van der Waals surface area contributed by atoms with E-state index in [0.717, 1.165) is 29.8 Å². The fourth-order valence-electron chi connectivity index (χ4n) is 3.51. The average Bonchev–Trinajstić information content (AvgIpc) is 3.19. The quantitative estimate of drug-likeness (QED) is 0.560. The number of carbonyl (C=O) groups excluding carboxylic acids is 1. The molecular weight excluding hydrogens is 438 g/mol. The van der Waals surface area contributed by atoms with Gasteiger partial charge in [-0.25, -0.2) is 9.59 Å². The molecule has 2 heterocycles. The molecule has 3 atom stereocenters. The number of carboxylic acid groups (broad SMARTS) is 1. The van der Waals surface area contributed by atoms with Gasteiger partial charge in [-0.2, -0.15) is 0 Å². The monoisotopic (exact) mass is 474 g/mol. The molecule has 0 radical (unpaired) electrons. The van der Waals surface area contributed by atoms with E-state index in [1.165, 1.54) is 0 Å². The third kappa shape index (κ3) is 10.4. The van der Waals surface area contributed by atoms with Gasteiger partial charge in [0.15, 0.2) is 12.4 Å². The maximum Gasteiger partial charge on any atom is 0.407 e. The summed E-state index contributed by atoms with van der Waals surface area (Å²) in [6, 6.07) is 10.5. The number of benzene rings is 1. The van der Waals surface area contributed by atoms with Crippen LogP contribution in [0.15, 0.2) is 36.4 Å². The zero-order valence-corrected chi connectivity index (χ0v) is 20.4. The summed E-state index contributed by atoms with van der Waals surface area (Å²) in [7, 11) is 0. The molecule has 2 N–H and O–H groups in total. The minimum absolute atomic E-state index is 0.116. The molecule has 1 aliphatic heterocycles. The topological polar surface area (TPSA) is 121 Å². The first-order chi connectivity index (χ1) is 16.2. The zero-order chi connectivity index (χ0) is 24.9. The molecule has 0 spiro atoms. The lowest BCUT2D eigenvalue weighted by Gasteiger charge is -2.31. The maximum atomic E-state index is 12.2. The van der Waals surface area contributed by atoms with Crippen LogP contribution in [0, 0.1) is 19.8 Å². The summed E-state index contributed by atoms with van der Waals surface area (Å²) in [5.41, 5.74) is 2.85. The first kappa shape index (κ1) is 27.3. The predicted molar refractivity (Wildman–Crippen MR) is 126 cm³/mol. The highest BCUT2D eigenvalue weighted by Crippen LogP contribution is 2.19. The Bertz CT molecular complexity index is 848. The molecule has 1 aromatic carbocycles. The van der Waals surface area contributed by atoms with Gasteiger partial charge in [-0.3, -0.25) is 0 Å². The molecule has 188 valence electrons. The Labute approximate surface area is 201 Å². The van der Waals surface area contributed by atoms with Crippen LogP contribution >= 0.6 is 0 Å². The zero-order valence-electron chi connectivity index (χ0n) is 20.4. The van der Waals surface area contributed by atoms with E-state index in [0.29, 0.717) is 19.4 Å². The number of nitrogens with one attached hydrogen (secondary N) is 1. The lowest BCUT2D eigenvalue weighted by molar-refractivity contribution is -0.205. The van der Waals surface area contributed by atoms with E-state index in [-0.39, 0.29) is 12.5 Å². The number of nitrogens with zero attached hydrogens (tertiary/aromatic N) is 2. The predicted octanol–water partition coefficient (Wildman–Crippen LogP) is 3.98. The van der Waals surface area contributed by atoms with Gasteiger partial charge < -0.3 is 34.8 Å². The van der Waals surface area contributed by atoms with Gasteiger partial charge in [-0.15, -0.1) is 5.69 Å². The van der Waals surface area contributed by atoms with Gasteiger partial charge in [0.2, 0.25) is 0 Å². The minimum atomic E-state index is -1.19. The number of carbonyl (C=O) groups is 2. The number of aryl methyl sites for hydroxylation is 2. The van der Waals surface area contributed by atoms with E-state index < -0.39 is 30.5 Å². The summed E-state index contributed by atoms with van der Waals surface area (Å²) in [6.07, 6.45) is 0.552. The van der Waals surface area contributed by atoms with E-state index in [1.807, 2.05) is 64.1 Å². The third-order valence-corrected chi connectivity index (χ3v) is 5.07. The lowest BCUT2D eigenvalue weighted by Crippen LogP contribution is -2.50. The van der Waals surface area contributed by atoms with Crippen LogP contribution in [-0.4, -0.2) is 47.3 Å². The van der Waals surface area contributed by atoms with Crippen LogP contribution in [0.4, 0.5) is 4.79 Å². The second-order valence-electron chi connectivity index (χ2n) is 8.76. The molecule has 2 unspecified atom stereocenters. The summed E-state index contributed by atoms with van der Waals surface area (Å²) in [5, 5.41) is 19.8. The van der Waals surface area contributed by atoms with Crippen molar-refractivity contribution in [1.82, 2.24) is 15.5 Å². The number of amides is 1. The van der Waals surface area contributed by atoms with Gasteiger partial charge in [-0.05, 0) is 44.1 Å². The molecule has 1 aromatic heterocycles. The van der Waals surface area contributed by atoms with Crippen molar-refractivity contribution in [3.8, 4) is 0 Å². The van der Waals surface area contributed by atoms with Crippen molar-refractivity contribution in [2.45, 2.75) is 78.4 Å². The van der Waals surface area contributed by atoms with Crippen LogP contribution in [0.5, 0.6) is 0 Å². The van der Waals surface area contributed by atoms with Crippen molar-refractivity contribution in [3.63, 3.8) is 0 Å². The Kier molecular flexibility index (Phi) is 11.6. The van der Waals surface area contributed by atoms with Crippen LogP contribution in [0.3, 0.4) is 0 Å². The number of aromatic nitrogens is 2. The molecular formula is C25H36N3O6-. The van der Waals surface area contributed by atoms with Gasteiger partial charge in [-0.1, -0.05) is 57.2 Å². The number of ether oxygens (including phenoxy) is 3. The van der Waals surface area contributed by atoms with Crippen molar-refractivity contribution in [3.05, 3.63) is 53.3 Å². The first-order valence-corrected chi connectivity index (χ1v) is 11.6. The smallest absolute Gasteiger partial charge is 0.407 e. The third-order valence-electron chi connectivity index (χ3n) is 5.07. The molecule has 1 fully saturated rings. The van der Waals surface area contributed by atoms with Crippen molar-refractivity contribution in [2.75, 3.05) is 6.61 Å². The summed E-state index contributed by atoms with van der Waals surface area (Å²) in [5.74, 6) is -0.958. The average molecular weight is 475 g/mol. The van der Waals surface area contributed by atoms with Crippen LogP contribution in [-0.2, 0) is 25.6 Å². The molecule has 1 saturated heterocycles. The summed E-state index contributed by atoms with van der Waals surface area (Å²) in [6.45, 7) is 8.45. The van der Waals surface area contributed by atoms with Crippen LogP contribution in [0.25, 0.3) is 0 Å². The Morgan fingerprint density at radius 3 is 2.47 bits per heavy atom. The van der Waals surface area contributed by atoms with Gasteiger partial charge >= 0.3 is 12.1 Å². The summed E-state index contributed by atoms with van der Waals surface area (Å²) in [4.78, 5) is 24.0. The maximum absolute atomic E-state index is 12.2. The van der Waals surface area contributed by atoms with Crippen LogP contribution in [0.1, 0.15) is 56.5 Å². The Morgan fingerprint density at radius 1 is 1.24 bits per heavy atom. The highest BCUT2D eigenvalue weighted by molar-refractivity contribution is 5.75. The largest absolute Gasteiger partial charge is 0.579 e. The highest BCUT2D eigenvalue weighted by Gasteiger charge is 2.34. The van der Waals surface area contributed by atoms with E-state index in [4.69, 9.17) is 14.2 Å². The normalized spacial score (nSPS) is 17.3. The van der Waals surface area contributed by atoms with Gasteiger partial charge in [0, 0.05) is 12.3 Å². The number of hydrogen-bond acceptors (Lipinski definition) is 6. The second-order valence-corrected chi connectivity index (χ2v) is 8.76. The van der Waals surface area contributed by atoms with Gasteiger partial charge in [0.25, 0.3) is 0 Å². The fourth-order valence-corrected chi connectivity index (χ4v) is 3.51. The Balaban J connectivity index is 0.000000497. The van der Waals surface area contributed by atoms with Crippen LogP contribution < -0.4 is 10.4 Å². The van der Waals surface area contributed by atoms with E-state index >= 15 is 0 Å². The lowest BCUT2D eigenvalue weighted by atomic mass is 9.99. The molecule has 2 aromatic rings. The standard InChI is InChI=1S/C20H29NO6.C5H7N2/c1-14(2)12-16(18(19(22)23)27-17-10-6-7-11-25-17)21-20(24)26-13-15-8-4-3-5-9-15;1-4-3-5(2)7-6-4/h3-5,8-9,14,16-18H,6-7,10-13H2,1-2H3,(H,21,24)(H,22,23);3H,1-2H3/q;-1/t16-,17?,18?;/m0./s1. The molecule has 0 aliphatic carbocycles. The van der Waals surface area contributed by atoms with Gasteiger partial charge in [0.05, 0.1) is 6.04 Å². The van der Waals surface area contributed by atoms with Crippen molar-refractivity contribution >= 4 is 12.1 Å². The fraction of sp³-hybridized carbons (Fsp3) is 0.560. The first-order valence-electron chi connectivity index (χ1n) is 11.6. The van der Waals surface area contributed by atoms with Crippen molar-refractivity contribution < 1.29 is 28.9 Å². The van der Waals surface area contributed by atoms with E-state index in [2.05, 4.69) is 15.5 Å². The summed E-state index contributed by atoms with van der Waals surface area (Å²) < 4.78 is 16.4. The number of hydrogen-bond donors (Lipinski definition) is 2. The molecule has 3 rings (SSSR count). The molecule has 1 aliphatic rings.